The van der Waals surface area contributed by atoms with Crippen LogP contribution in [-0.2, 0) is 19.9 Å². The zero-order valence-electron chi connectivity index (χ0n) is 14.7. The molecule has 4 heteroatoms. The molecule has 128 valence electrons. The maximum Gasteiger partial charge on any atom is 0.245 e. The maximum absolute atomic E-state index is 4.67. The van der Waals surface area contributed by atoms with Crippen molar-refractivity contribution in [3.05, 3.63) is 108 Å². The third kappa shape index (κ3) is 3.86. The molecule has 0 unspecified atom stereocenters. The van der Waals surface area contributed by atoms with Crippen molar-refractivity contribution in [2.75, 3.05) is 0 Å². The van der Waals surface area contributed by atoms with Gasteiger partial charge in [-0.1, -0.05) is 54.6 Å². The highest BCUT2D eigenvalue weighted by Crippen LogP contribution is 2.14. The summed E-state index contributed by atoms with van der Waals surface area (Å²) in [4.78, 5) is 9.02. The fraction of sp³-hybridized carbons (Fsp3) is 0.136. The number of imidazole rings is 1. The quantitative estimate of drug-likeness (QED) is 0.413. The van der Waals surface area contributed by atoms with Crippen LogP contribution >= 0.6 is 0 Å². The van der Waals surface area contributed by atoms with Crippen LogP contribution in [0.2, 0.25) is 0 Å². The Morgan fingerprint density at radius 2 is 1.69 bits per heavy atom. The van der Waals surface area contributed by atoms with Crippen LogP contribution in [0.1, 0.15) is 22.4 Å². The van der Waals surface area contributed by atoms with Gasteiger partial charge in [0.25, 0.3) is 0 Å². The smallest absolute Gasteiger partial charge is 0.245 e. The molecule has 4 aromatic rings. The first-order valence-electron chi connectivity index (χ1n) is 8.67. The van der Waals surface area contributed by atoms with Crippen LogP contribution in [0.4, 0.5) is 0 Å². The molecule has 0 spiro atoms. The maximum atomic E-state index is 4.67. The minimum atomic E-state index is 0.642. The van der Waals surface area contributed by atoms with Crippen molar-refractivity contribution in [2.45, 2.75) is 12.8 Å². The molecule has 0 atom stereocenters. The third-order valence-electron chi connectivity index (χ3n) is 4.25. The summed E-state index contributed by atoms with van der Waals surface area (Å²) in [6, 6.07) is 21.2. The predicted octanol–water partition coefficient (Wildman–Crippen LogP) is 3.07. The molecule has 2 aromatic carbocycles. The van der Waals surface area contributed by atoms with Crippen molar-refractivity contribution in [3.8, 4) is 5.95 Å². The van der Waals surface area contributed by atoms with E-state index in [1.807, 2.05) is 30.1 Å². The van der Waals surface area contributed by atoms with Gasteiger partial charge in [-0.3, -0.25) is 4.57 Å². The Morgan fingerprint density at radius 1 is 0.923 bits per heavy atom. The van der Waals surface area contributed by atoms with E-state index in [9.17, 15) is 0 Å². The topological polar surface area (TPSA) is 34.6 Å². The normalized spacial score (nSPS) is 10.8. The van der Waals surface area contributed by atoms with E-state index in [1.54, 1.807) is 10.8 Å². The second-order valence-corrected chi connectivity index (χ2v) is 6.39. The summed E-state index contributed by atoms with van der Waals surface area (Å²) in [6.45, 7) is 0. The highest BCUT2D eigenvalue weighted by molar-refractivity contribution is 5.31. The fourth-order valence-electron chi connectivity index (χ4n) is 3.00. The molecule has 4 rings (SSSR count). The van der Waals surface area contributed by atoms with Crippen LogP contribution in [0, 0.1) is 6.33 Å². The lowest BCUT2D eigenvalue weighted by Gasteiger charge is -2.07. The average molecular weight is 340 g/mol. The summed E-state index contributed by atoms with van der Waals surface area (Å²) in [7, 11) is 1.93. The summed E-state index contributed by atoms with van der Waals surface area (Å²) >= 11 is 0. The minimum Gasteiger partial charge on any atom is -0.323 e. The number of rotatable bonds is 5. The lowest BCUT2D eigenvalue weighted by atomic mass is 10.0. The molecule has 26 heavy (non-hydrogen) atoms. The molecule has 0 bridgehead atoms. The van der Waals surface area contributed by atoms with Crippen molar-refractivity contribution in [1.29, 1.82) is 0 Å². The zero-order chi connectivity index (χ0) is 17.8. The predicted molar refractivity (Wildman–Crippen MR) is 99.9 cm³/mol. The van der Waals surface area contributed by atoms with Gasteiger partial charge in [-0.25, -0.2) is 9.97 Å². The lowest BCUT2D eigenvalue weighted by Crippen LogP contribution is -2.24. The summed E-state index contributed by atoms with van der Waals surface area (Å²) < 4.78 is 3.65. The second kappa shape index (κ2) is 7.31. The van der Waals surface area contributed by atoms with Crippen LogP contribution in [0.3, 0.4) is 0 Å². The summed E-state index contributed by atoms with van der Waals surface area (Å²) in [5.74, 6) is 0.642. The van der Waals surface area contributed by atoms with Crippen LogP contribution in [-0.4, -0.2) is 14.5 Å². The second-order valence-electron chi connectivity index (χ2n) is 6.39. The van der Waals surface area contributed by atoms with E-state index >= 15 is 0 Å². The van der Waals surface area contributed by atoms with E-state index < -0.39 is 0 Å². The first-order chi connectivity index (χ1) is 12.8. The Labute approximate surface area is 153 Å². The summed E-state index contributed by atoms with van der Waals surface area (Å²) in [6.07, 6.45) is 10.5. The van der Waals surface area contributed by atoms with E-state index in [1.165, 1.54) is 16.7 Å². The van der Waals surface area contributed by atoms with E-state index in [2.05, 4.69) is 70.9 Å². The van der Waals surface area contributed by atoms with Gasteiger partial charge in [-0.05, 0) is 29.2 Å². The first kappa shape index (κ1) is 16.2. The Morgan fingerprint density at radius 3 is 2.46 bits per heavy atom. The van der Waals surface area contributed by atoms with Crippen molar-refractivity contribution in [2.24, 2.45) is 7.05 Å². The largest absolute Gasteiger partial charge is 0.323 e. The van der Waals surface area contributed by atoms with Gasteiger partial charge < -0.3 is 4.57 Å². The monoisotopic (exact) mass is 340 g/mol. The van der Waals surface area contributed by atoms with Crippen molar-refractivity contribution >= 4 is 0 Å². The molecule has 0 saturated carbocycles. The van der Waals surface area contributed by atoms with Gasteiger partial charge in [0.15, 0.2) is 0 Å². The fourth-order valence-corrected chi connectivity index (χ4v) is 3.00. The molecule has 0 radical (unpaired) electrons. The number of aryl methyl sites for hydroxylation is 1. The summed E-state index contributed by atoms with van der Waals surface area (Å²) in [5.41, 5.74) is 4.89. The Balaban J connectivity index is 1.53. The molecule has 0 N–H and O–H groups in total. The zero-order valence-corrected chi connectivity index (χ0v) is 14.7. The van der Waals surface area contributed by atoms with Gasteiger partial charge >= 0.3 is 0 Å². The van der Waals surface area contributed by atoms with Crippen LogP contribution in [0.25, 0.3) is 5.95 Å². The number of benzene rings is 2. The van der Waals surface area contributed by atoms with Crippen molar-refractivity contribution in [1.82, 2.24) is 14.5 Å². The third-order valence-corrected chi connectivity index (χ3v) is 4.25. The van der Waals surface area contributed by atoms with Crippen molar-refractivity contribution < 1.29 is 4.57 Å². The van der Waals surface area contributed by atoms with Gasteiger partial charge in [-0.15, -0.1) is 0 Å². The molecule has 0 fully saturated rings. The van der Waals surface area contributed by atoms with E-state index in [-0.39, 0.29) is 0 Å². The first-order valence-corrected chi connectivity index (χ1v) is 8.67. The molecule has 0 saturated heterocycles. The average Bonchev–Trinajstić information content (AvgIpc) is 3.10. The molecular formula is C22H20N4. The molecule has 2 aromatic heterocycles. The van der Waals surface area contributed by atoms with Gasteiger partial charge in [0.05, 0.1) is 7.05 Å². The molecule has 2 heterocycles. The summed E-state index contributed by atoms with van der Waals surface area (Å²) in [5, 5.41) is 0. The van der Waals surface area contributed by atoms with E-state index in [0.717, 1.165) is 18.5 Å². The highest BCUT2D eigenvalue weighted by atomic mass is 15.2. The van der Waals surface area contributed by atoms with Gasteiger partial charge in [0, 0.05) is 30.7 Å². The molecule has 0 amide bonds. The highest BCUT2D eigenvalue weighted by Gasteiger charge is 2.04. The Hall–Kier alpha value is -3.27. The number of aromatic nitrogens is 4. The molecular weight excluding hydrogens is 320 g/mol. The standard InChI is InChI=1S/C22H20N4/c1-25-12-13-26(17-25)22-23-11-10-21(24-22)16-20-9-5-8-19(15-20)14-18-6-3-2-4-7-18/h2-13,15H,14,16H2,1H3. The molecule has 0 aliphatic rings. The van der Waals surface area contributed by atoms with E-state index in [4.69, 9.17) is 0 Å². The SMILES string of the molecule is C[n+]1[c-]n(-c2nccc(Cc3cccc(Cc4ccccc4)c3)n2)cc1. The number of nitrogens with zero attached hydrogens (tertiary/aromatic N) is 4. The number of hydrogen-bond acceptors (Lipinski definition) is 2. The van der Waals surface area contributed by atoms with Gasteiger partial charge in [0.1, 0.15) is 0 Å². The van der Waals surface area contributed by atoms with Crippen LogP contribution < -0.4 is 4.57 Å². The van der Waals surface area contributed by atoms with Crippen LogP contribution in [0.5, 0.6) is 0 Å². The molecule has 0 aliphatic carbocycles. The van der Waals surface area contributed by atoms with Crippen molar-refractivity contribution in [3.63, 3.8) is 0 Å². The van der Waals surface area contributed by atoms with Gasteiger partial charge in [-0.2, -0.15) is 0 Å². The van der Waals surface area contributed by atoms with Gasteiger partial charge in [0.2, 0.25) is 12.3 Å². The Bertz CT molecular complexity index is 1010. The molecule has 0 aliphatic heterocycles. The van der Waals surface area contributed by atoms with E-state index in [0.29, 0.717) is 5.95 Å². The van der Waals surface area contributed by atoms with Crippen LogP contribution in [0.15, 0.2) is 79.3 Å². The molecule has 4 nitrogen and oxygen atoms in total. The number of hydrogen-bond donors (Lipinski definition) is 0. The minimum absolute atomic E-state index is 0.642. The lowest BCUT2D eigenvalue weighted by molar-refractivity contribution is -0.674. The Kier molecular flexibility index (Phi) is 4.56.